The predicted molar refractivity (Wildman–Crippen MR) is 136 cm³/mol. The van der Waals surface area contributed by atoms with Crippen molar-refractivity contribution in [2.24, 2.45) is 11.7 Å². The molecule has 0 aliphatic heterocycles. The second-order valence-corrected chi connectivity index (χ2v) is 9.85. The number of hydrogen-bond donors (Lipinski definition) is 3. The molecule has 4 N–H and O–H groups in total. The lowest BCUT2D eigenvalue weighted by atomic mass is 9.88. The molecule has 0 aromatic heterocycles. The van der Waals surface area contributed by atoms with E-state index in [9.17, 15) is 14.4 Å². The van der Waals surface area contributed by atoms with Crippen LogP contribution in [0.5, 0.6) is 5.75 Å². The molecule has 0 spiro atoms. The van der Waals surface area contributed by atoms with Gasteiger partial charge in [0.25, 0.3) is 0 Å². The number of carboxylic acid groups (broad SMARTS) is 1. The molecule has 1 saturated carbocycles. The minimum Gasteiger partial charge on any atom is -0.480 e. The normalized spacial score (nSPS) is 16.3. The van der Waals surface area contributed by atoms with Gasteiger partial charge in [-0.15, -0.1) is 0 Å². The molecule has 1 aliphatic rings. The molecule has 1 aliphatic carbocycles. The molecule has 3 rings (SSSR count). The van der Waals surface area contributed by atoms with Gasteiger partial charge < -0.3 is 20.9 Å². The Morgan fingerprint density at radius 3 is 2.23 bits per heavy atom. The van der Waals surface area contributed by atoms with Gasteiger partial charge in [-0.05, 0) is 92.8 Å². The smallest absolute Gasteiger partial charge is 0.320 e. The highest BCUT2D eigenvalue weighted by Gasteiger charge is 2.43. The topological polar surface area (TPSA) is 119 Å². The number of aliphatic carboxylic acids is 1. The molecule has 2 aromatic carbocycles. The van der Waals surface area contributed by atoms with E-state index < -0.39 is 17.6 Å². The van der Waals surface area contributed by atoms with Gasteiger partial charge in [-0.2, -0.15) is 0 Å². The monoisotopic (exact) mass is 480 g/mol. The Labute approximate surface area is 207 Å². The van der Waals surface area contributed by atoms with Crippen molar-refractivity contribution in [1.29, 1.82) is 0 Å². The Hall–Kier alpha value is -3.19. The number of nitrogens with two attached hydrogens (primary N) is 1. The van der Waals surface area contributed by atoms with Gasteiger partial charge in [0.15, 0.2) is 11.4 Å². The number of carboxylic acids is 1. The van der Waals surface area contributed by atoms with Crippen LogP contribution in [0, 0.1) is 19.8 Å². The summed E-state index contributed by atoms with van der Waals surface area (Å²) in [7, 11) is 0. The number of amides is 1. The number of anilines is 1. The van der Waals surface area contributed by atoms with Crippen molar-refractivity contribution in [1.82, 2.24) is 0 Å². The third kappa shape index (κ3) is 7.15. The van der Waals surface area contributed by atoms with Crippen molar-refractivity contribution in [3.05, 3.63) is 59.2 Å². The molecule has 0 radical (unpaired) electrons. The van der Waals surface area contributed by atoms with Crippen LogP contribution in [0.2, 0.25) is 0 Å². The van der Waals surface area contributed by atoms with Crippen molar-refractivity contribution >= 4 is 23.3 Å². The van der Waals surface area contributed by atoms with Crippen LogP contribution in [0.4, 0.5) is 5.69 Å². The highest BCUT2D eigenvalue weighted by molar-refractivity contribution is 5.92. The fraction of sp³-hybridized carbons (Fsp3) is 0.464. The maximum Gasteiger partial charge on any atom is 0.320 e. The van der Waals surface area contributed by atoms with E-state index in [1.165, 1.54) is 0 Å². The van der Waals surface area contributed by atoms with Crippen LogP contribution in [0.15, 0.2) is 42.5 Å². The third-order valence-electron chi connectivity index (χ3n) is 6.75. The number of nitrogens with one attached hydrogen (secondary N) is 1. The van der Waals surface area contributed by atoms with Crippen molar-refractivity contribution in [3.8, 4) is 5.75 Å². The van der Waals surface area contributed by atoms with Gasteiger partial charge in [0.1, 0.15) is 11.8 Å². The molecule has 188 valence electrons. The van der Waals surface area contributed by atoms with Crippen LogP contribution in [0.25, 0.3) is 0 Å². The average Bonchev–Trinajstić information content (AvgIpc) is 3.27. The lowest BCUT2D eigenvalue weighted by Gasteiger charge is -2.29. The van der Waals surface area contributed by atoms with E-state index >= 15 is 0 Å². The molecular formula is C28H36N2O5. The molecular weight excluding hydrogens is 444 g/mol. The molecule has 0 saturated heterocycles. The molecule has 0 bridgehead atoms. The summed E-state index contributed by atoms with van der Waals surface area (Å²) in [6.07, 6.45) is 3.99. The van der Waals surface area contributed by atoms with Crippen LogP contribution < -0.4 is 15.8 Å². The van der Waals surface area contributed by atoms with Gasteiger partial charge in [-0.3, -0.25) is 14.4 Å². The summed E-state index contributed by atoms with van der Waals surface area (Å²) in [5.41, 5.74) is 8.63. The van der Waals surface area contributed by atoms with Crippen LogP contribution in [-0.4, -0.2) is 34.4 Å². The van der Waals surface area contributed by atoms with Gasteiger partial charge in [-0.25, -0.2) is 0 Å². The van der Waals surface area contributed by atoms with Crippen molar-refractivity contribution in [2.45, 2.75) is 77.4 Å². The Balaban J connectivity index is 1.59. The fourth-order valence-electron chi connectivity index (χ4n) is 4.73. The van der Waals surface area contributed by atoms with Gasteiger partial charge in [-0.1, -0.05) is 25.1 Å². The number of ketones is 1. The zero-order valence-electron chi connectivity index (χ0n) is 20.8. The largest absolute Gasteiger partial charge is 0.480 e. The zero-order chi connectivity index (χ0) is 25.6. The fourth-order valence-corrected chi connectivity index (χ4v) is 4.73. The quantitative estimate of drug-likeness (QED) is 0.433. The molecule has 7 nitrogen and oxygen atoms in total. The molecule has 2 atom stereocenters. The lowest BCUT2D eigenvalue weighted by molar-refractivity contribution is -0.140. The number of carbonyl (C=O) groups is 3. The van der Waals surface area contributed by atoms with Crippen molar-refractivity contribution < 1.29 is 24.2 Å². The SMILES string of the molecule is Cc1cc(C)cc(NC(=O)Cc2ccc(OC3(C(=O)CC[C@H](C)[C@H](N)C(=O)O)CCCC3)cc2)c1. The van der Waals surface area contributed by atoms with E-state index in [2.05, 4.69) is 11.4 Å². The number of aryl methyl sites for hydroxylation is 2. The lowest BCUT2D eigenvalue weighted by Crippen LogP contribution is -2.43. The number of rotatable bonds is 11. The first-order valence-corrected chi connectivity index (χ1v) is 12.3. The van der Waals surface area contributed by atoms with E-state index in [1.54, 1.807) is 19.1 Å². The van der Waals surface area contributed by atoms with E-state index in [0.717, 1.165) is 35.2 Å². The number of benzene rings is 2. The minimum atomic E-state index is -1.06. The van der Waals surface area contributed by atoms with E-state index in [-0.39, 0.29) is 30.4 Å². The average molecular weight is 481 g/mol. The molecule has 7 heteroatoms. The van der Waals surface area contributed by atoms with Crippen LogP contribution >= 0.6 is 0 Å². The summed E-state index contributed by atoms with van der Waals surface area (Å²) in [6.45, 7) is 5.74. The molecule has 35 heavy (non-hydrogen) atoms. The number of ether oxygens (including phenoxy) is 1. The van der Waals surface area contributed by atoms with Crippen LogP contribution in [0.3, 0.4) is 0 Å². The first kappa shape index (κ1) is 26.4. The Bertz CT molecular complexity index is 1040. The summed E-state index contributed by atoms with van der Waals surface area (Å²) in [5.74, 6) is -0.867. The second-order valence-electron chi connectivity index (χ2n) is 9.85. The third-order valence-corrected chi connectivity index (χ3v) is 6.75. The molecule has 2 aromatic rings. The van der Waals surface area contributed by atoms with E-state index in [0.29, 0.717) is 25.0 Å². The first-order valence-electron chi connectivity index (χ1n) is 12.3. The van der Waals surface area contributed by atoms with Crippen LogP contribution in [0.1, 0.15) is 62.1 Å². The van der Waals surface area contributed by atoms with Crippen LogP contribution in [-0.2, 0) is 20.8 Å². The van der Waals surface area contributed by atoms with Gasteiger partial charge in [0, 0.05) is 12.1 Å². The molecule has 1 amide bonds. The highest BCUT2D eigenvalue weighted by Crippen LogP contribution is 2.37. The standard InChI is InChI=1S/C28H36N2O5/c1-18-14-19(2)16-22(15-18)30-25(32)17-21-7-9-23(10-8-21)35-28(12-4-5-13-28)24(31)11-6-20(3)26(29)27(33)34/h7-10,14-16,20,26H,4-6,11-13,17,29H2,1-3H3,(H,30,32)(H,33,34)/t20-,26-/m0/s1. The number of carbonyl (C=O) groups excluding carboxylic acids is 2. The maximum atomic E-state index is 13.1. The molecule has 0 unspecified atom stereocenters. The van der Waals surface area contributed by atoms with Crippen molar-refractivity contribution in [2.75, 3.05) is 5.32 Å². The zero-order valence-corrected chi connectivity index (χ0v) is 20.8. The Morgan fingerprint density at radius 1 is 1.06 bits per heavy atom. The number of Topliss-reactive ketones (excluding diaryl/α,β-unsaturated/α-hetero) is 1. The van der Waals surface area contributed by atoms with Gasteiger partial charge >= 0.3 is 5.97 Å². The van der Waals surface area contributed by atoms with E-state index in [1.807, 2.05) is 38.1 Å². The summed E-state index contributed by atoms with van der Waals surface area (Å²) < 4.78 is 6.25. The highest BCUT2D eigenvalue weighted by atomic mass is 16.5. The second kappa shape index (κ2) is 11.5. The molecule has 0 heterocycles. The molecule has 1 fully saturated rings. The summed E-state index contributed by atoms with van der Waals surface area (Å²) in [4.78, 5) is 36.7. The van der Waals surface area contributed by atoms with Crippen molar-refractivity contribution in [3.63, 3.8) is 0 Å². The first-order chi connectivity index (χ1) is 16.6. The summed E-state index contributed by atoms with van der Waals surface area (Å²) in [6, 6.07) is 12.2. The Morgan fingerprint density at radius 2 is 1.66 bits per heavy atom. The maximum absolute atomic E-state index is 13.1. The van der Waals surface area contributed by atoms with Gasteiger partial charge in [0.05, 0.1) is 6.42 Å². The Kier molecular flexibility index (Phi) is 8.67. The predicted octanol–water partition coefficient (Wildman–Crippen LogP) is 4.57. The minimum absolute atomic E-state index is 0.00339. The van der Waals surface area contributed by atoms with Gasteiger partial charge in [0.2, 0.25) is 5.91 Å². The summed E-state index contributed by atoms with van der Waals surface area (Å²) >= 11 is 0. The van der Waals surface area contributed by atoms with E-state index in [4.69, 9.17) is 15.6 Å². The number of hydrogen-bond acceptors (Lipinski definition) is 5. The summed E-state index contributed by atoms with van der Waals surface area (Å²) in [5, 5.41) is 12.0.